The van der Waals surface area contributed by atoms with E-state index in [1.165, 1.54) is 0 Å². The van der Waals surface area contributed by atoms with Crippen LogP contribution in [0.1, 0.15) is 31.2 Å². The fourth-order valence-corrected chi connectivity index (χ4v) is 2.60. The summed E-state index contributed by atoms with van der Waals surface area (Å²) < 4.78 is 0. The minimum atomic E-state index is -0.312. The minimum absolute atomic E-state index is 0.0586. The van der Waals surface area contributed by atoms with Crippen LogP contribution in [0.5, 0.6) is 0 Å². The van der Waals surface area contributed by atoms with Crippen LogP contribution in [0.2, 0.25) is 0 Å². The molecule has 1 aliphatic heterocycles. The Hall–Kier alpha value is -1.58. The van der Waals surface area contributed by atoms with E-state index in [-0.39, 0.29) is 11.6 Å². The molecule has 0 bridgehead atoms. The summed E-state index contributed by atoms with van der Waals surface area (Å²) in [7, 11) is 5.64. The van der Waals surface area contributed by atoms with Gasteiger partial charge < -0.3 is 5.32 Å². The third kappa shape index (κ3) is 1.77. The van der Waals surface area contributed by atoms with E-state index in [1.807, 2.05) is 12.1 Å². The van der Waals surface area contributed by atoms with Crippen molar-refractivity contribution in [2.45, 2.75) is 31.3 Å². The van der Waals surface area contributed by atoms with Gasteiger partial charge in [-0.25, -0.2) is 0 Å². The van der Waals surface area contributed by atoms with Crippen LogP contribution in [0, 0.1) is 0 Å². The fourth-order valence-electron chi connectivity index (χ4n) is 2.60. The van der Waals surface area contributed by atoms with Crippen molar-refractivity contribution in [3.63, 3.8) is 0 Å². The second-order valence-corrected chi connectivity index (χ2v) is 4.78. The Balaban J connectivity index is 1.97. The molecule has 0 atom stereocenters. The Kier molecular flexibility index (Phi) is 2.32. The standard InChI is InChI=1S/C13H13BN2O/c14-10-5-3-9(4-6-10)11-12(17)16-13(15-11)7-1-2-8-13/h3-6H,1-2,7-8H2,(H,16,17). The molecule has 0 saturated heterocycles. The molecule has 1 amide bonds. The molecule has 2 radical (unpaired) electrons. The maximum Gasteiger partial charge on any atom is 0.272 e. The number of aliphatic imine (C=N–C) groups is 1. The van der Waals surface area contributed by atoms with Crippen LogP contribution in [0.25, 0.3) is 0 Å². The first kappa shape index (κ1) is 10.6. The Morgan fingerprint density at radius 3 is 2.47 bits per heavy atom. The molecule has 17 heavy (non-hydrogen) atoms. The van der Waals surface area contributed by atoms with Crippen LogP contribution in [-0.4, -0.2) is 25.1 Å². The van der Waals surface area contributed by atoms with E-state index in [1.54, 1.807) is 12.1 Å². The number of hydrogen-bond acceptors (Lipinski definition) is 2. The third-order valence-electron chi connectivity index (χ3n) is 3.50. The molecule has 0 unspecified atom stereocenters. The monoisotopic (exact) mass is 224 g/mol. The first-order chi connectivity index (χ1) is 8.19. The van der Waals surface area contributed by atoms with Crippen LogP contribution in [0.3, 0.4) is 0 Å². The van der Waals surface area contributed by atoms with Gasteiger partial charge in [0.2, 0.25) is 0 Å². The summed E-state index contributed by atoms with van der Waals surface area (Å²) >= 11 is 0. The molecule has 4 heteroatoms. The van der Waals surface area contributed by atoms with Crippen molar-refractivity contribution in [3.8, 4) is 0 Å². The van der Waals surface area contributed by atoms with Gasteiger partial charge in [-0.15, -0.1) is 0 Å². The molecule has 3 rings (SSSR count). The van der Waals surface area contributed by atoms with Crippen LogP contribution in [-0.2, 0) is 4.79 Å². The molecule has 1 saturated carbocycles. The van der Waals surface area contributed by atoms with Crippen LogP contribution < -0.4 is 10.8 Å². The molecule has 84 valence electrons. The second-order valence-electron chi connectivity index (χ2n) is 4.78. The highest BCUT2D eigenvalue weighted by Gasteiger charge is 2.41. The smallest absolute Gasteiger partial charge is 0.272 e. The molecule has 1 N–H and O–H groups in total. The highest BCUT2D eigenvalue weighted by atomic mass is 16.2. The van der Waals surface area contributed by atoms with Gasteiger partial charge in [-0.2, -0.15) is 0 Å². The molecule has 0 aromatic heterocycles. The van der Waals surface area contributed by atoms with Crippen LogP contribution >= 0.6 is 0 Å². The van der Waals surface area contributed by atoms with Crippen molar-refractivity contribution >= 4 is 24.9 Å². The summed E-state index contributed by atoms with van der Waals surface area (Å²) in [5.74, 6) is -0.0586. The SMILES string of the molecule is [B]c1ccc(C2=NC3(CCCC3)NC2=O)cc1. The highest BCUT2D eigenvalue weighted by Crippen LogP contribution is 2.34. The Bertz CT molecular complexity index is 487. The minimum Gasteiger partial charge on any atom is -0.326 e. The third-order valence-corrected chi connectivity index (χ3v) is 3.50. The predicted molar refractivity (Wildman–Crippen MR) is 67.7 cm³/mol. The Morgan fingerprint density at radius 2 is 1.82 bits per heavy atom. The van der Waals surface area contributed by atoms with Gasteiger partial charge in [0.25, 0.3) is 5.91 Å². The van der Waals surface area contributed by atoms with E-state index >= 15 is 0 Å². The lowest BCUT2D eigenvalue weighted by Gasteiger charge is -2.18. The maximum absolute atomic E-state index is 11.9. The first-order valence-electron chi connectivity index (χ1n) is 5.97. The zero-order chi connectivity index (χ0) is 11.9. The molecular weight excluding hydrogens is 211 g/mol. The summed E-state index contributed by atoms with van der Waals surface area (Å²) in [6, 6.07) is 7.29. The molecule has 1 aromatic rings. The number of nitrogens with one attached hydrogen (secondary N) is 1. The van der Waals surface area contributed by atoms with E-state index in [9.17, 15) is 4.79 Å². The Labute approximate surface area is 102 Å². The lowest BCUT2D eigenvalue weighted by molar-refractivity contribution is -0.115. The van der Waals surface area contributed by atoms with Gasteiger partial charge in [-0.1, -0.05) is 29.7 Å². The van der Waals surface area contributed by atoms with Gasteiger partial charge in [-0.3, -0.25) is 9.79 Å². The van der Waals surface area contributed by atoms with Crippen LogP contribution in [0.15, 0.2) is 29.3 Å². The van der Waals surface area contributed by atoms with E-state index in [4.69, 9.17) is 7.85 Å². The lowest BCUT2D eigenvalue weighted by Crippen LogP contribution is -2.39. The van der Waals surface area contributed by atoms with Gasteiger partial charge in [0.05, 0.1) is 0 Å². The molecule has 1 aliphatic carbocycles. The van der Waals surface area contributed by atoms with Gasteiger partial charge >= 0.3 is 0 Å². The quantitative estimate of drug-likeness (QED) is 0.700. The molecule has 1 fully saturated rings. The van der Waals surface area contributed by atoms with E-state index in [2.05, 4.69) is 10.3 Å². The van der Waals surface area contributed by atoms with Crippen molar-refractivity contribution in [1.29, 1.82) is 0 Å². The molecule has 2 aliphatic rings. The second kappa shape index (κ2) is 3.72. The zero-order valence-electron chi connectivity index (χ0n) is 9.57. The lowest BCUT2D eigenvalue weighted by atomic mass is 9.94. The van der Waals surface area contributed by atoms with E-state index in [0.717, 1.165) is 31.2 Å². The predicted octanol–water partition coefficient (Wildman–Crippen LogP) is 0.670. The largest absolute Gasteiger partial charge is 0.326 e. The van der Waals surface area contributed by atoms with Crippen molar-refractivity contribution in [2.75, 3.05) is 0 Å². The number of rotatable bonds is 1. The number of benzene rings is 1. The molecule has 1 heterocycles. The van der Waals surface area contributed by atoms with E-state index < -0.39 is 0 Å². The average molecular weight is 224 g/mol. The summed E-state index contributed by atoms with van der Waals surface area (Å²) in [6.07, 6.45) is 4.19. The van der Waals surface area contributed by atoms with Gasteiger partial charge in [0.1, 0.15) is 19.2 Å². The van der Waals surface area contributed by atoms with Crippen LogP contribution in [0.4, 0.5) is 0 Å². The topological polar surface area (TPSA) is 41.5 Å². The summed E-state index contributed by atoms with van der Waals surface area (Å²) in [4.78, 5) is 16.6. The van der Waals surface area contributed by atoms with Crippen molar-refractivity contribution < 1.29 is 4.79 Å². The van der Waals surface area contributed by atoms with Gasteiger partial charge in [0, 0.05) is 5.56 Å². The normalized spacial score (nSPS) is 21.6. The number of amides is 1. The molecule has 3 nitrogen and oxygen atoms in total. The molecule has 1 aromatic carbocycles. The number of nitrogens with zero attached hydrogens (tertiary/aromatic N) is 1. The zero-order valence-corrected chi connectivity index (χ0v) is 9.57. The molecular formula is C13H13BN2O. The number of carbonyl (C=O) groups is 1. The van der Waals surface area contributed by atoms with Crippen molar-refractivity contribution in [2.24, 2.45) is 4.99 Å². The average Bonchev–Trinajstić information content (AvgIpc) is 2.88. The summed E-state index contributed by atoms with van der Waals surface area (Å²) in [6.45, 7) is 0. The fraction of sp³-hybridized carbons (Fsp3) is 0.385. The van der Waals surface area contributed by atoms with Gasteiger partial charge in [-0.05, 0) is 25.7 Å². The van der Waals surface area contributed by atoms with E-state index in [0.29, 0.717) is 11.2 Å². The maximum atomic E-state index is 11.9. The highest BCUT2D eigenvalue weighted by molar-refractivity contribution is 6.47. The summed E-state index contributed by atoms with van der Waals surface area (Å²) in [5.41, 5.74) is 1.78. The number of carbonyl (C=O) groups excluding carboxylic acids is 1. The first-order valence-corrected chi connectivity index (χ1v) is 5.97. The van der Waals surface area contributed by atoms with Crippen molar-refractivity contribution in [1.82, 2.24) is 5.32 Å². The summed E-state index contributed by atoms with van der Waals surface area (Å²) in [5, 5.41) is 3.02. The van der Waals surface area contributed by atoms with Gasteiger partial charge in [0.15, 0.2) is 0 Å². The number of hydrogen-bond donors (Lipinski definition) is 1. The molecule has 1 spiro atoms. The Morgan fingerprint density at radius 1 is 1.18 bits per heavy atom. The van der Waals surface area contributed by atoms with Crippen molar-refractivity contribution in [3.05, 3.63) is 29.8 Å².